The molecule has 2 nitrogen and oxygen atoms in total. The number of rotatable bonds is 0. The topological polar surface area (TPSA) is 35.2 Å². The first-order chi connectivity index (χ1) is 9.19. The van der Waals surface area contributed by atoms with E-state index < -0.39 is 0 Å². The minimum atomic E-state index is -0.230. The summed E-state index contributed by atoms with van der Waals surface area (Å²) in [6, 6.07) is 4.63. The van der Waals surface area contributed by atoms with E-state index in [1.807, 2.05) is 0 Å². The molecule has 0 bridgehead atoms. The van der Waals surface area contributed by atoms with Crippen LogP contribution in [0.15, 0.2) is 18.2 Å². The van der Waals surface area contributed by atoms with Gasteiger partial charge in [-0.1, -0.05) is 19.3 Å². The zero-order valence-electron chi connectivity index (χ0n) is 11.3. The molecule has 104 valence electrons. The molecule has 1 aromatic rings. The second-order valence-electron chi connectivity index (χ2n) is 6.05. The predicted molar refractivity (Wildman–Crippen MR) is 73.6 cm³/mol. The van der Waals surface area contributed by atoms with Crippen molar-refractivity contribution in [3.05, 3.63) is 29.6 Å². The fourth-order valence-electron chi connectivity index (χ4n) is 3.54. The predicted octanol–water partition coefficient (Wildman–Crippen LogP) is 4.09. The standard InChI is InChI=1S/C16H22FNO/c17-12-6-7-15-13(10-12)14(18)11-16(19-15)8-4-2-1-3-5-9-16/h6-7,10,14H,1-5,8-9,11,18H2/t14-/m1/s1. The van der Waals surface area contributed by atoms with Crippen molar-refractivity contribution in [2.45, 2.75) is 63.0 Å². The molecule has 1 spiro atoms. The lowest BCUT2D eigenvalue weighted by molar-refractivity contribution is 0.0111. The smallest absolute Gasteiger partial charge is 0.125 e. The second kappa shape index (κ2) is 5.12. The molecule has 3 rings (SSSR count). The lowest BCUT2D eigenvalue weighted by Gasteiger charge is -2.42. The van der Waals surface area contributed by atoms with E-state index in [2.05, 4.69) is 0 Å². The van der Waals surface area contributed by atoms with Crippen LogP contribution in [-0.2, 0) is 0 Å². The molecule has 1 aromatic carbocycles. The van der Waals surface area contributed by atoms with Gasteiger partial charge in [-0.05, 0) is 43.9 Å². The molecule has 0 unspecified atom stereocenters. The Balaban J connectivity index is 1.88. The summed E-state index contributed by atoms with van der Waals surface area (Å²) in [7, 11) is 0. The quantitative estimate of drug-likeness (QED) is 0.765. The molecule has 2 N–H and O–H groups in total. The third-order valence-corrected chi connectivity index (χ3v) is 4.55. The zero-order chi connectivity index (χ0) is 13.3. The highest BCUT2D eigenvalue weighted by molar-refractivity contribution is 5.39. The first-order valence-corrected chi connectivity index (χ1v) is 7.43. The van der Waals surface area contributed by atoms with E-state index in [1.165, 1.54) is 44.2 Å². The molecule has 0 amide bonds. The van der Waals surface area contributed by atoms with Gasteiger partial charge in [0.2, 0.25) is 0 Å². The molecular weight excluding hydrogens is 241 g/mol. The highest BCUT2D eigenvalue weighted by atomic mass is 19.1. The summed E-state index contributed by atoms with van der Waals surface area (Å²) in [5.41, 5.74) is 6.98. The van der Waals surface area contributed by atoms with Crippen LogP contribution in [0.1, 0.15) is 63.0 Å². The largest absolute Gasteiger partial charge is 0.487 e. The summed E-state index contributed by atoms with van der Waals surface area (Å²) in [4.78, 5) is 0. The van der Waals surface area contributed by atoms with Gasteiger partial charge in [0.1, 0.15) is 17.2 Å². The van der Waals surface area contributed by atoms with E-state index in [0.29, 0.717) is 0 Å². The molecule has 1 saturated carbocycles. The Morgan fingerprint density at radius 2 is 1.79 bits per heavy atom. The van der Waals surface area contributed by atoms with Crippen LogP contribution in [0.3, 0.4) is 0 Å². The van der Waals surface area contributed by atoms with Gasteiger partial charge < -0.3 is 10.5 Å². The highest BCUT2D eigenvalue weighted by Crippen LogP contribution is 2.44. The summed E-state index contributed by atoms with van der Waals surface area (Å²) in [6.07, 6.45) is 9.32. The molecule has 19 heavy (non-hydrogen) atoms. The van der Waals surface area contributed by atoms with Crippen LogP contribution in [0, 0.1) is 5.82 Å². The number of fused-ring (bicyclic) bond motifs is 1. The van der Waals surface area contributed by atoms with E-state index in [0.717, 1.165) is 30.6 Å². The molecule has 1 aliphatic carbocycles. The van der Waals surface area contributed by atoms with Crippen LogP contribution in [0.5, 0.6) is 5.75 Å². The maximum atomic E-state index is 13.3. The summed E-state index contributed by atoms with van der Waals surface area (Å²) in [6.45, 7) is 0. The van der Waals surface area contributed by atoms with Gasteiger partial charge in [-0.15, -0.1) is 0 Å². The Labute approximate surface area is 114 Å². The molecule has 1 heterocycles. The first kappa shape index (κ1) is 12.9. The van der Waals surface area contributed by atoms with Crippen molar-refractivity contribution in [3.8, 4) is 5.75 Å². The van der Waals surface area contributed by atoms with Gasteiger partial charge in [-0.2, -0.15) is 0 Å². The fraction of sp³-hybridized carbons (Fsp3) is 0.625. The fourth-order valence-corrected chi connectivity index (χ4v) is 3.54. The molecule has 2 aliphatic rings. The van der Waals surface area contributed by atoms with Crippen LogP contribution in [0.4, 0.5) is 4.39 Å². The lowest BCUT2D eigenvalue weighted by Crippen LogP contribution is -2.43. The van der Waals surface area contributed by atoms with Gasteiger partial charge in [-0.25, -0.2) is 4.39 Å². The Morgan fingerprint density at radius 3 is 2.53 bits per heavy atom. The Hall–Kier alpha value is -1.09. The third kappa shape index (κ3) is 2.62. The minimum Gasteiger partial charge on any atom is -0.487 e. The van der Waals surface area contributed by atoms with Crippen molar-refractivity contribution in [2.75, 3.05) is 0 Å². The Kier molecular flexibility index (Phi) is 3.48. The number of nitrogens with two attached hydrogens (primary N) is 1. The maximum Gasteiger partial charge on any atom is 0.125 e. The van der Waals surface area contributed by atoms with E-state index in [9.17, 15) is 4.39 Å². The zero-order valence-corrected chi connectivity index (χ0v) is 11.3. The van der Waals surface area contributed by atoms with Crippen molar-refractivity contribution in [2.24, 2.45) is 5.73 Å². The summed E-state index contributed by atoms with van der Waals surface area (Å²) in [5.74, 6) is 0.562. The van der Waals surface area contributed by atoms with Gasteiger partial charge in [0.15, 0.2) is 0 Å². The average Bonchev–Trinajstić information content (AvgIpc) is 2.36. The molecular formula is C16H22FNO. The first-order valence-electron chi connectivity index (χ1n) is 7.43. The summed E-state index contributed by atoms with van der Waals surface area (Å²) in [5, 5.41) is 0. The van der Waals surface area contributed by atoms with Crippen LogP contribution in [-0.4, -0.2) is 5.60 Å². The van der Waals surface area contributed by atoms with Gasteiger partial charge in [0.25, 0.3) is 0 Å². The Morgan fingerprint density at radius 1 is 1.11 bits per heavy atom. The lowest BCUT2D eigenvalue weighted by atomic mass is 9.79. The van der Waals surface area contributed by atoms with E-state index >= 15 is 0 Å². The summed E-state index contributed by atoms with van der Waals surface area (Å²) < 4.78 is 19.6. The second-order valence-corrected chi connectivity index (χ2v) is 6.05. The average molecular weight is 263 g/mol. The van der Waals surface area contributed by atoms with Gasteiger partial charge >= 0.3 is 0 Å². The van der Waals surface area contributed by atoms with Crippen LogP contribution < -0.4 is 10.5 Å². The number of halogens is 1. The van der Waals surface area contributed by atoms with Crippen molar-refractivity contribution < 1.29 is 9.13 Å². The van der Waals surface area contributed by atoms with Crippen molar-refractivity contribution in [3.63, 3.8) is 0 Å². The molecule has 1 aliphatic heterocycles. The molecule has 3 heteroatoms. The number of hydrogen-bond donors (Lipinski definition) is 1. The third-order valence-electron chi connectivity index (χ3n) is 4.55. The van der Waals surface area contributed by atoms with E-state index in [1.54, 1.807) is 6.07 Å². The van der Waals surface area contributed by atoms with Gasteiger partial charge in [-0.3, -0.25) is 0 Å². The van der Waals surface area contributed by atoms with Crippen LogP contribution in [0.25, 0.3) is 0 Å². The van der Waals surface area contributed by atoms with Crippen molar-refractivity contribution >= 4 is 0 Å². The number of hydrogen-bond acceptors (Lipinski definition) is 2. The number of ether oxygens (including phenoxy) is 1. The number of benzene rings is 1. The molecule has 1 fully saturated rings. The van der Waals surface area contributed by atoms with Crippen molar-refractivity contribution in [1.29, 1.82) is 0 Å². The van der Waals surface area contributed by atoms with E-state index in [4.69, 9.17) is 10.5 Å². The summed E-state index contributed by atoms with van der Waals surface area (Å²) >= 11 is 0. The monoisotopic (exact) mass is 263 g/mol. The van der Waals surface area contributed by atoms with Gasteiger partial charge in [0, 0.05) is 18.0 Å². The van der Waals surface area contributed by atoms with Crippen LogP contribution >= 0.6 is 0 Å². The molecule has 0 aromatic heterocycles. The van der Waals surface area contributed by atoms with Crippen molar-refractivity contribution in [1.82, 2.24) is 0 Å². The Bertz CT molecular complexity index is 452. The highest BCUT2D eigenvalue weighted by Gasteiger charge is 2.39. The molecule has 1 atom stereocenters. The van der Waals surface area contributed by atoms with Crippen LogP contribution in [0.2, 0.25) is 0 Å². The molecule has 0 saturated heterocycles. The van der Waals surface area contributed by atoms with E-state index in [-0.39, 0.29) is 17.5 Å². The van der Waals surface area contributed by atoms with Gasteiger partial charge in [0.05, 0.1) is 0 Å². The normalized spacial score (nSPS) is 26.1. The molecule has 0 radical (unpaired) electrons. The minimum absolute atomic E-state index is 0.0983. The maximum absolute atomic E-state index is 13.3. The SMILES string of the molecule is N[C@@H]1CC2(CCCCCCC2)Oc2ccc(F)cc21.